The molecule has 19 heavy (non-hydrogen) atoms. The third kappa shape index (κ3) is 3.20. The first-order valence-corrected chi connectivity index (χ1v) is 6.68. The Hall–Kier alpha value is -1.68. The van der Waals surface area contributed by atoms with Gasteiger partial charge in [-0.1, -0.05) is 22.0 Å². The van der Waals surface area contributed by atoms with Crippen LogP contribution in [-0.4, -0.2) is 17.9 Å². The standard InChI is InChI=1S/C15H14BrNO2/c1-10-4-3-7-17-15(10)14(18)9-11-8-12(19-2)5-6-13(11)16/h3-8H,9H2,1-2H3. The highest BCUT2D eigenvalue weighted by Gasteiger charge is 2.13. The van der Waals surface area contributed by atoms with Gasteiger partial charge in [0.2, 0.25) is 0 Å². The molecular weight excluding hydrogens is 306 g/mol. The minimum Gasteiger partial charge on any atom is -0.497 e. The van der Waals surface area contributed by atoms with Crippen LogP contribution >= 0.6 is 15.9 Å². The van der Waals surface area contributed by atoms with Crippen LogP contribution in [0.1, 0.15) is 21.6 Å². The van der Waals surface area contributed by atoms with E-state index in [2.05, 4.69) is 20.9 Å². The van der Waals surface area contributed by atoms with Gasteiger partial charge in [0.05, 0.1) is 7.11 Å². The minimum atomic E-state index is 0.00653. The fourth-order valence-electron chi connectivity index (χ4n) is 1.85. The number of nitrogens with zero attached hydrogens (tertiary/aromatic N) is 1. The molecule has 1 aromatic heterocycles. The smallest absolute Gasteiger partial charge is 0.185 e. The number of aryl methyl sites for hydroxylation is 1. The number of aromatic nitrogens is 1. The monoisotopic (exact) mass is 319 g/mol. The molecule has 1 heterocycles. The summed E-state index contributed by atoms with van der Waals surface area (Å²) in [7, 11) is 1.61. The molecule has 0 spiro atoms. The average Bonchev–Trinajstić information content (AvgIpc) is 2.41. The molecule has 0 atom stereocenters. The lowest BCUT2D eigenvalue weighted by Crippen LogP contribution is -2.08. The van der Waals surface area contributed by atoms with Crippen LogP contribution in [0.2, 0.25) is 0 Å². The maximum Gasteiger partial charge on any atom is 0.185 e. The van der Waals surface area contributed by atoms with Crippen molar-refractivity contribution in [1.29, 1.82) is 0 Å². The first-order chi connectivity index (χ1) is 9.11. The molecule has 0 bridgehead atoms. The van der Waals surface area contributed by atoms with Crippen molar-refractivity contribution in [2.45, 2.75) is 13.3 Å². The van der Waals surface area contributed by atoms with Gasteiger partial charge in [-0.25, -0.2) is 0 Å². The predicted molar refractivity (Wildman–Crippen MR) is 77.7 cm³/mol. The van der Waals surface area contributed by atoms with Crippen molar-refractivity contribution in [1.82, 2.24) is 4.98 Å². The number of ketones is 1. The van der Waals surface area contributed by atoms with Gasteiger partial charge in [0, 0.05) is 17.1 Å². The Labute approximate surface area is 120 Å². The summed E-state index contributed by atoms with van der Waals surface area (Å²) in [6, 6.07) is 9.31. The number of benzene rings is 1. The second kappa shape index (κ2) is 5.97. The maximum atomic E-state index is 12.3. The number of hydrogen-bond acceptors (Lipinski definition) is 3. The van der Waals surface area contributed by atoms with E-state index in [1.54, 1.807) is 13.3 Å². The highest BCUT2D eigenvalue weighted by molar-refractivity contribution is 9.10. The molecule has 0 aliphatic rings. The molecule has 2 aromatic rings. The zero-order valence-electron chi connectivity index (χ0n) is 10.8. The molecule has 1 aromatic carbocycles. The van der Waals surface area contributed by atoms with Crippen molar-refractivity contribution in [2.24, 2.45) is 0 Å². The highest BCUT2D eigenvalue weighted by atomic mass is 79.9. The lowest BCUT2D eigenvalue weighted by atomic mass is 10.0. The van der Waals surface area contributed by atoms with Crippen LogP contribution in [-0.2, 0) is 6.42 Å². The molecule has 0 aliphatic heterocycles. The lowest BCUT2D eigenvalue weighted by Gasteiger charge is -2.07. The average molecular weight is 320 g/mol. The molecule has 0 aliphatic carbocycles. The number of rotatable bonds is 4. The minimum absolute atomic E-state index is 0.00653. The van der Waals surface area contributed by atoms with E-state index in [-0.39, 0.29) is 5.78 Å². The van der Waals surface area contributed by atoms with Gasteiger partial charge in [-0.15, -0.1) is 0 Å². The van der Waals surface area contributed by atoms with Gasteiger partial charge in [-0.3, -0.25) is 9.78 Å². The Morgan fingerprint density at radius 3 is 2.84 bits per heavy atom. The summed E-state index contributed by atoms with van der Waals surface area (Å²) in [4.78, 5) is 16.4. The summed E-state index contributed by atoms with van der Waals surface area (Å²) in [6.45, 7) is 1.89. The predicted octanol–water partition coefficient (Wildman–Crippen LogP) is 3.59. The Kier molecular flexibility index (Phi) is 4.32. The highest BCUT2D eigenvalue weighted by Crippen LogP contribution is 2.24. The van der Waals surface area contributed by atoms with Gasteiger partial charge in [0.15, 0.2) is 5.78 Å². The zero-order valence-corrected chi connectivity index (χ0v) is 12.4. The first-order valence-electron chi connectivity index (χ1n) is 5.89. The van der Waals surface area contributed by atoms with Crippen LogP contribution in [0.5, 0.6) is 5.75 Å². The summed E-state index contributed by atoms with van der Waals surface area (Å²) >= 11 is 3.45. The van der Waals surface area contributed by atoms with E-state index in [0.29, 0.717) is 12.1 Å². The fourth-order valence-corrected chi connectivity index (χ4v) is 2.23. The number of pyridine rings is 1. The SMILES string of the molecule is COc1ccc(Br)c(CC(=O)c2ncccc2C)c1. The van der Waals surface area contributed by atoms with Gasteiger partial charge in [0.1, 0.15) is 11.4 Å². The summed E-state index contributed by atoms with van der Waals surface area (Å²) in [5.74, 6) is 0.746. The number of methoxy groups -OCH3 is 1. The molecule has 3 nitrogen and oxygen atoms in total. The van der Waals surface area contributed by atoms with E-state index < -0.39 is 0 Å². The first kappa shape index (κ1) is 13.7. The number of hydrogen-bond donors (Lipinski definition) is 0. The Bertz CT molecular complexity index is 611. The van der Waals surface area contributed by atoms with Crippen molar-refractivity contribution >= 4 is 21.7 Å². The Morgan fingerprint density at radius 2 is 2.16 bits per heavy atom. The van der Waals surface area contributed by atoms with Gasteiger partial charge in [0.25, 0.3) is 0 Å². The topological polar surface area (TPSA) is 39.2 Å². The van der Waals surface area contributed by atoms with Gasteiger partial charge < -0.3 is 4.74 Å². The second-order valence-corrected chi connectivity index (χ2v) is 5.08. The quantitative estimate of drug-likeness (QED) is 0.808. The molecule has 0 fully saturated rings. The fraction of sp³-hybridized carbons (Fsp3) is 0.200. The summed E-state index contributed by atoms with van der Waals surface area (Å²) in [5, 5.41) is 0. The number of carbonyl (C=O) groups excluding carboxylic acids is 1. The van der Waals surface area contributed by atoms with Crippen LogP contribution < -0.4 is 4.74 Å². The van der Waals surface area contributed by atoms with Crippen LogP contribution in [0.4, 0.5) is 0 Å². The van der Waals surface area contributed by atoms with Crippen molar-refractivity contribution < 1.29 is 9.53 Å². The van der Waals surface area contributed by atoms with Crippen LogP contribution in [0, 0.1) is 6.92 Å². The molecule has 0 N–H and O–H groups in total. The van der Waals surface area contributed by atoms with Crippen molar-refractivity contribution in [3.05, 3.63) is 57.8 Å². The van der Waals surface area contributed by atoms with Crippen LogP contribution in [0.25, 0.3) is 0 Å². The second-order valence-electron chi connectivity index (χ2n) is 4.23. The Morgan fingerprint density at radius 1 is 1.37 bits per heavy atom. The molecule has 0 saturated heterocycles. The normalized spacial score (nSPS) is 10.3. The van der Waals surface area contributed by atoms with E-state index in [1.807, 2.05) is 37.3 Å². The van der Waals surface area contributed by atoms with Crippen molar-refractivity contribution in [3.63, 3.8) is 0 Å². The molecule has 98 valence electrons. The van der Waals surface area contributed by atoms with Gasteiger partial charge in [-0.05, 0) is 42.3 Å². The van der Waals surface area contributed by atoms with Crippen molar-refractivity contribution in [3.8, 4) is 5.75 Å². The van der Waals surface area contributed by atoms with Crippen LogP contribution in [0.15, 0.2) is 41.0 Å². The van der Waals surface area contributed by atoms with E-state index in [9.17, 15) is 4.79 Å². The third-order valence-corrected chi connectivity index (χ3v) is 3.65. The lowest BCUT2D eigenvalue weighted by molar-refractivity contribution is 0.0987. The molecule has 0 saturated carbocycles. The summed E-state index contributed by atoms with van der Waals surface area (Å²) < 4.78 is 6.07. The summed E-state index contributed by atoms with van der Waals surface area (Å²) in [6.07, 6.45) is 1.94. The number of halogens is 1. The molecule has 0 radical (unpaired) electrons. The molecule has 0 amide bonds. The number of carbonyl (C=O) groups is 1. The molecular formula is C15H14BrNO2. The van der Waals surface area contributed by atoms with Crippen molar-refractivity contribution in [2.75, 3.05) is 7.11 Å². The Balaban J connectivity index is 2.26. The number of ether oxygens (including phenoxy) is 1. The van der Waals surface area contributed by atoms with Crippen LogP contribution in [0.3, 0.4) is 0 Å². The molecule has 2 rings (SSSR count). The third-order valence-electron chi connectivity index (χ3n) is 2.88. The molecule has 0 unspecified atom stereocenters. The summed E-state index contributed by atoms with van der Waals surface area (Å²) in [5.41, 5.74) is 2.32. The zero-order chi connectivity index (χ0) is 13.8. The number of Topliss-reactive ketones (excluding diaryl/α,β-unsaturated/α-hetero) is 1. The molecule has 4 heteroatoms. The van der Waals surface area contributed by atoms with E-state index >= 15 is 0 Å². The van der Waals surface area contributed by atoms with E-state index in [1.165, 1.54) is 0 Å². The van der Waals surface area contributed by atoms with Gasteiger partial charge in [-0.2, -0.15) is 0 Å². The van der Waals surface area contributed by atoms with E-state index in [4.69, 9.17) is 4.74 Å². The maximum absolute atomic E-state index is 12.3. The van der Waals surface area contributed by atoms with E-state index in [0.717, 1.165) is 21.3 Å². The largest absolute Gasteiger partial charge is 0.497 e. The van der Waals surface area contributed by atoms with Gasteiger partial charge >= 0.3 is 0 Å².